The second-order valence-corrected chi connectivity index (χ2v) is 4.02. The largest absolute Gasteiger partial charge is 0.390 e. The van der Waals surface area contributed by atoms with Crippen molar-refractivity contribution >= 4 is 0 Å². The Balaban J connectivity index is 3.68. The van der Waals surface area contributed by atoms with E-state index in [9.17, 15) is 4.39 Å². The fourth-order valence-electron chi connectivity index (χ4n) is 0.756. The maximum atomic E-state index is 12.8. The molecule has 0 spiro atoms. The summed E-state index contributed by atoms with van der Waals surface area (Å²) in [6.45, 7) is 7.36. The molecule has 1 N–H and O–H groups in total. The van der Waals surface area contributed by atoms with Gasteiger partial charge in [0.25, 0.3) is 0 Å². The second kappa shape index (κ2) is 3.33. The third-order valence-electron chi connectivity index (χ3n) is 1.33. The van der Waals surface area contributed by atoms with Crippen molar-refractivity contribution in [3.05, 3.63) is 0 Å². The highest BCUT2D eigenvalue weighted by molar-refractivity contribution is 4.71. The predicted octanol–water partition coefficient (Wildman–Crippen LogP) is 2.14. The lowest BCUT2D eigenvalue weighted by molar-refractivity contribution is 0.0657. The average Bonchev–Trinajstić information content (AvgIpc) is 1.60. The van der Waals surface area contributed by atoms with E-state index in [1.165, 1.54) is 6.92 Å². The number of halogens is 1. The molecule has 2 atom stereocenters. The normalized spacial score (nSPS) is 18.6. The molecule has 0 aliphatic carbocycles. The second-order valence-electron chi connectivity index (χ2n) is 4.02. The van der Waals surface area contributed by atoms with Crippen molar-refractivity contribution in [2.24, 2.45) is 5.41 Å². The molecule has 0 radical (unpaired) electrons. The summed E-state index contributed by atoms with van der Waals surface area (Å²) in [5.74, 6) is 0. The molecule has 0 saturated carbocycles. The fourth-order valence-corrected chi connectivity index (χ4v) is 0.756. The van der Waals surface area contributed by atoms with E-state index in [-0.39, 0.29) is 5.41 Å². The third kappa shape index (κ3) is 4.74. The molecule has 1 nitrogen and oxygen atoms in total. The first-order valence-electron chi connectivity index (χ1n) is 3.65. The van der Waals surface area contributed by atoms with Gasteiger partial charge >= 0.3 is 0 Å². The Hall–Kier alpha value is -0.110. The van der Waals surface area contributed by atoms with Gasteiger partial charge in [0.05, 0.1) is 6.10 Å². The van der Waals surface area contributed by atoms with Gasteiger partial charge in [-0.15, -0.1) is 0 Å². The maximum Gasteiger partial charge on any atom is 0.126 e. The van der Waals surface area contributed by atoms with Crippen LogP contribution in [0.1, 0.15) is 34.1 Å². The van der Waals surface area contributed by atoms with Crippen molar-refractivity contribution in [1.29, 1.82) is 0 Å². The minimum absolute atomic E-state index is 0.0313. The lowest BCUT2D eigenvalue weighted by Gasteiger charge is -2.22. The summed E-state index contributed by atoms with van der Waals surface area (Å²) in [5.41, 5.74) is -0.0313. The Morgan fingerprint density at radius 2 is 1.80 bits per heavy atom. The molecule has 0 rings (SSSR count). The Kier molecular flexibility index (Phi) is 3.29. The first kappa shape index (κ1) is 9.89. The summed E-state index contributed by atoms with van der Waals surface area (Å²) in [6, 6.07) is 0. The van der Waals surface area contributed by atoms with E-state index in [1.54, 1.807) is 0 Å². The van der Waals surface area contributed by atoms with Crippen molar-refractivity contribution in [3.8, 4) is 0 Å². The molecule has 2 unspecified atom stereocenters. The highest BCUT2D eigenvalue weighted by Gasteiger charge is 2.21. The number of alkyl halides is 1. The van der Waals surface area contributed by atoms with Gasteiger partial charge in [-0.25, -0.2) is 4.39 Å². The van der Waals surface area contributed by atoms with Crippen LogP contribution in [-0.4, -0.2) is 17.4 Å². The van der Waals surface area contributed by atoms with Gasteiger partial charge in [0.1, 0.15) is 6.17 Å². The zero-order valence-electron chi connectivity index (χ0n) is 7.19. The highest BCUT2D eigenvalue weighted by atomic mass is 19.1. The van der Waals surface area contributed by atoms with Crippen LogP contribution >= 0.6 is 0 Å². The lowest BCUT2D eigenvalue weighted by Crippen LogP contribution is -2.23. The number of rotatable bonds is 2. The van der Waals surface area contributed by atoms with Gasteiger partial charge in [-0.2, -0.15) is 0 Å². The van der Waals surface area contributed by atoms with E-state index < -0.39 is 12.3 Å². The molecule has 0 saturated heterocycles. The van der Waals surface area contributed by atoms with E-state index in [0.717, 1.165) is 0 Å². The number of hydrogen-bond acceptors (Lipinski definition) is 1. The highest BCUT2D eigenvalue weighted by Crippen LogP contribution is 2.23. The third-order valence-corrected chi connectivity index (χ3v) is 1.33. The molecule has 0 aromatic carbocycles. The predicted molar refractivity (Wildman–Crippen MR) is 40.6 cm³/mol. The van der Waals surface area contributed by atoms with Crippen LogP contribution in [0.5, 0.6) is 0 Å². The van der Waals surface area contributed by atoms with Gasteiger partial charge in [-0.05, 0) is 18.8 Å². The van der Waals surface area contributed by atoms with Crippen LogP contribution in [0.25, 0.3) is 0 Å². The molecule has 0 bridgehead atoms. The molecule has 62 valence electrons. The zero-order chi connectivity index (χ0) is 8.36. The summed E-state index contributed by atoms with van der Waals surface area (Å²) >= 11 is 0. The van der Waals surface area contributed by atoms with Crippen LogP contribution in [0, 0.1) is 5.41 Å². The Labute approximate surface area is 62.3 Å². The van der Waals surface area contributed by atoms with E-state index >= 15 is 0 Å². The molecular formula is C8H17FO. The molecule has 0 aromatic rings. The van der Waals surface area contributed by atoms with Crippen LogP contribution in [0.2, 0.25) is 0 Å². The molecule has 0 heterocycles. The quantitative estimate of drug-likeness (QED) is 0.636. The zero-order valence-corrected chi connectivity index (χ0v) is 7.19. The van der Waals surface area contributed by atoms with Crippen LogP contribution in [0.3, 0.4) is 0 Å². The molecular weight excluding hydrogens is 131 g/mol. The van der Waals surface area contributed by atoms with Crippen LogP contribution < -0.4 is 0 Å². The molecule has 2 heteroatoms. The summed E-state index contributed by atoms with van der Waals surface area (Å²) in [4.78, 5) is 0. The summed E-state index contributed by atoms with van der Waals surface area (Å²) < 4.78 is 12.8. The first-order valence-corrected chi connectivity index (χ1v) is 3.65. The van der Waals surface area contributed by atoms with Gasteiger partial charge in [0.15, 0.2) is 0 Å². The smallest absolute Gasteiger partial charge is 0.126 e. The van der Waals surface area contributed by atoms with E-state index in [0.29, 0.717) is 6.42 Å². The Morgan fingerprint density at radius 1 is 1.40 bits per heavy atom. The number of aliphatic hydroxyl groups is 1. The van der Waals surface area contributed by atoms with Gasteiger partial charge in [-0.3, -0.25) is 0 Å². The molecule has 0 amide bonds. The summed E-state index contributed by atoms with van der Waals surface area (Å²) in [7, 11) is 0. The van der Waals surface area contributed by atoms with Gasteiger partial charge in [0, 0.05) is 0 Å². The van der Waals surface area contributed by atoms with E-state index in [1.807, 2.05) is 20.8 Å². The Bertz CT molecular complexity index is 93.9. The summed E-state index contributed by atoms with van der Waals surface area (Å²) in [6.07, 6.45) is -1.50. The van der Waals surface area contributed by atoms with Crippen molar-refractivity contribution in [2.75, 3.05) is 0 Å². The van der Waals surface area contributed by atoms with Gasteiger partial charge < -0.3 is 5.11 Å². The average molecular weight is 148 g/mol. The molecule has 0 aliphatic rings. The van der Waals surface area contributed by atoms with Crippen molar-refractivity contribution in [3.63, 3.8) is 0 Å². The van der Waals surface area contributed by atoms with Crippen molar-refractivity contribution in [2.45, 2.75) is 46.4 Å². The first-order chi connectivity index (χ1) is 4.33. The fraction of sp³-hybridized carbons (Fsp3) is 1.00. The van der Waals surface area contributed by atoms with Crippen molar-refractivity contribution in [1.82, 2.24) is 0 Å². The minimum atomic E-state index is -1.08. The molecule has 10 heavy (non-hydrogen) atoms. The van der Waals surface area contributed by atoms with Gasteiger partial charge in [-0.1, -0.05) is 20.8 Å². The summed E-state index contributed by atoms with van der Waals surface area (Å²) in [5, 5.41) is 8.81. The topological polar surface area (TPSA) is 20.2 Å². The molecule has 0 aliphatic heterocycles. The number of hydrogen-bond donors (Lipinski definition) is 1. The van der Waals surface area contributed by atoms with E-state index in [2.05, 4.69) is 0 Å². The van der Waals surface area contributed by atoms with Crippen LogP contribution in [-0.2, 0) is 0 Å². The van der Waals surface area contributed by atoms with E-state index in [4.69, 9.17) is 5.11 Å². The monoisotopic (exact) mass is 148 g/mol. The lowest BCUT2D eigenvalue weighted by atomic mass is 9.88. The molecule has 0 aromatic heterocycles. The SMILES string of the molecule is CC(O)C(F)CC(C)(C)C. The Morgan fingerprint density at radius 3 is 1.90 bits per heavy atom. The van der Waals surface area contributed by atoms with Gasteiger partial charge in [0.2, 0.25) is 0 Å². The number of aliphatic hydroxyl groups excluding tert-OH is 1. The standard InChI is InChI=1S/C8H17FO/c1-6(10)7(9)5-8(2,3)4/h6-7,10H,5H2,1-4H3. The molecule has 0 fully saturated rings. The maximum absolute atomic E-state index is 12.8. The van der Waals surface area contributed by atoms with Crippen LogP contribution in [0.15, 0.2) is 0 Å². The van der Waals surface area contributed by atoms with Crippen LogP contribution in [0.4, 0.5) is 4.39 Å². The minimum Gasteiger partial charge on any atom is -0.390 e. The van der Waals surface area contributed by atoms with Crippen molar-refractivity contribution < 1.29 is 9.50 Å².